The highest BCUT2D eigenvalue weighted by Crippen LogP contribution is 1.93. The van der Waals surface area contributed by atoms with E-state index in [9.17, 15) is 0 Å². The Balaban J connectivity index is 0.000000490. The van der Waals surface area contributed by atoms with Gasteiger partial charge < -0.3 is 28.7 Å². The summed E-state index contributed by atoms with van der Waals surface area (Å²) < 4.78 is 7.03. The number of halogens is 1. The molecule has 0 amide bonds. The molecule has 0 N–H and O–H groups in total. The molecule has 1 aliphatic heterocycles. The maximum absolute atomic E-state index is 4.97. The van der Waals surface area contributed by atoms with Gasteiger partial charge in [0.1, 0.15) is 7.05 Å². The van der Waals surface area contributed by atoms with E-state index in [0.29, 0.717) is 6.04 Å². The quantitative estimate of drug-likeness (QED) is 0.319. The zero-order valence-electron chi connectivity index (χ0n) is 5.10. The lowest BCUT2D eigenvalue weighted by Gasteiger charge is -1.90. The Labute approximate surface area is 66.6 Å². The smallest absolute Gasteiger partial charge is 0.324 e. The van der Waals surface area contributed by atoms with Crippen molar-refractivity contribution in [2.75, 3.05) is 13.7 Å². The van der Waals surface area contributed by atoms with Crippen LogP contribution in [0.4, 0.5) is 0 Å². The first-order valence-corrected chi connectivity index (χ1v) is 2.47. The second-order valence-corrected chi connectivity index (χ2v) is 1.95. The van der Waals surface area contributed by atoms with Crippen LogP contribution in [0.25, 0.3) is 0 Å². The molecular weight excluding hydrogens is 217 g/mol. The zero-order valence-corrected chi connectivity index (χ0v) is 7.25. The molecule has 0 radical (unpaired) electrons. The summed E-state index contributed by atoms with van der Waals surface area (Å²) in [5.41, 5.74) is 0. The SMILES string of the molecule is CC1COC=[N+]1C.[I-]. The molecule has 0 fully saturated rings. The Morgan fingerprint density at radius 2 is 2.38 bits per heavy atom. The van der Waals surface area contributed by atoms with Gasteiger partial charge in [0, 0.05) is 6.92 Å². The summed E-state index contributed by atoms with van der Waals surface area (Å²) in [6.07, 6.45) is 1.75. The molecule has 0 saturated heterocycles. The normalized spacial score (nSPS) is 25.8. The van der Waals surface area contributed by atoms with Crippen molar-refractivity contribution < 1.29 is 33.3 Å². The van der Waals surface area contributed by atoms with Crippen LogP contribution in [-0.2, 0) is 4.74 Å². The number of hydrogen-bond donors (Lipinski definition) is 0. The summed E-state index contributed by atoms with van der Waals surface area (Å²) in [7, 11) is 2.01. The monoisotopic (exact) mass is 227 g/mol. The molecule has 0 aliphatic carbocycles. The van der Waals surface area contributed by atoms with Gasteiger partial charge in [0.25, 0.3) is 0 Å². The maximum atomic E-state index is 4.97. The largest absolute Gasteiger partial charge is 1.00 e. The van der Waals surface area contributed by atoms with E-state index in [2.05, 4.69) is 11.5 Å². The van der Waals surface area contributed by atoms with E-state index in [1.54, 1.807) is 6.40 Å². The van der Waals surface area contributed by atoms with Crippen molar-refractivity contribution in [3.63, 3.8) is 0 Å². The van der Waals surface area contributed by atoms with Crippen LogP contribution in [0, 0.1) is 0 Å². The van der Waals surface area contributed by atoms with Crippen molar-refractivity contribution in [2.45, 2.75) is 13.0 Å². The van der Waals surface area contributed by atoms with Crippen molar-refractivity contribution in [3.05, 3.63) is 0 Å². The van der Waals surface area contributed by atoms with Gasteiger partial charge in [-0.1, -0.05) is 0 Å². The van der Waals surface area contributed by atoms with Crippen LogP contribution in [0.15, 0.2) is 0 Å². The Kier molecular flexibility index (Phi) is 3.35. The maximum Gasteiger partial charge on any atom is 0.324 e. The molecule has 1 heterocycles. The van der Waals surface area contributed by atoms with Crippen LogP contribution in [0.1, 0.15) is 6.92 Å². The van der Waals surface area contributed by atoms with Gasteiger partial charge in [0.05, 0.1) is 0 Å². The predicted molar refractivity (Wildman–Crippen MR) is 27.7 cm³/mol. The van der Waals surface area contributed by atoms with Crippen molar-refractivity contribution in [1.29, 1.82) is 0 Å². The van der Waals surface area contributed by atoms with Crippen LogP contribution < -0.4 is 24.0 Å². The Bertz CT molecular complexity index is 103. The first-order chi connectivity index (χ1) is 3.30. The Morgan fingerprint density at radius 3 is 2.50 bits per heavy atom. The summed E-state index contributed by atoms with van der Waals surface area (Å²) in [5, 5.41) is 0. The molecular formula is C5H10INO. The van der Waals surface area contributed by atoms with Crippen LogP contribution in [0.5, 0.6) is 0 Å². The van der Waals surface area contributed by atoms with E-state index in [0.717, 1.165) is 6.61 Å². The summed E-state index contributed by atoms with van der Waals surface area (Å²) >= 11 is 0. The standard InChI is InChI=1S/C5H10NO.HI/c1-5-3-7-4-6(5)2;/h4-5H,3H2,1-2H3;1H/q+1;/p-1. The van der Waals surface area contributed by atoms with Gasteiger partial charge in [-0.05, 0) is 0 Å². The average molecular weight is 227 g/mol. The molecule has 0 aromatic carbocycles. The van der Waals surface area contributed by atoms with Gasteiger partial charge in [-0.3, -0.25) is 0 Å². The van der Waals surface area contributed by atoms with Gasteiger partial charge in [0.2, 0.25) is 0 Å². The molecule has 0 aromatic rings. The van der Waals surface area contributed by atoms with Crippen LogP contribution in [-0.4, -0.2) is 30.7 Å². The second-order valence-electron chi connectivity index (χ2n) is 1.95. The van der Waals surface area contributed by atoms with Gasteiger partial charge >= 0.3 is 6.40 Å². The third-order valence-electron chi connectivity index (χ3n) is 1.27. The predicted octanol–water partition coefficient (Wildman–Crippen LogP) is -2.92. The van der Waals surface area contributed by atoms with Crippen molar-refractivity contribution in [2.24, 2.45) is 0 Å². The van der Waals surface area contributed by atoms with Crippen LogP contribution in [0.3, 0.4) is 0 Å². The highest BCUT2D eigenvalue weighted by atomic mass is 127. The second kappa shape index (κ2) is 3.27. The number of hydrogen-bond acceptors (Lipinski definition) is 1. The number of nitrogens with zero attached hydrogens (tertiary/aromatic N) is 1. The van der Waals surface area contributed by atoms with E-state index in [1.807, 2.05) is 7.05 Å². The lowest BCUT2D eigenvalue weighted by molar-refractivity contribution is -0.518. The minimum absolute atomic E-state index is 0. The number of ether oxygens (including phenoxy) is 1. The average Bonchev–Trinajstić information content (AvgIpc) is 1.91. The Morgan fingerprint density at radius 1 is 1.75 bits per heavy atom. The fourth-order valence-electron chi connectivity index (χ4n) is 0.521. The summed E-state index contributed by atoms with van der Waals surface area (Å²) in [6, 6.07) is 0.569. The third kappa shape index (κ3) is 1.61. The van der Waals surface area contributed by atoms with Crippen molar-refractivity contribution in [1.82, 2.24) is 0 Å². The number of likely N-dealkylation sites (N-methyl/N-ethyl adjacent to an activating group) is 1. The van der Waals surface area contributed by atoms with E-state index in [1.165, 1.54) is 0 Å². The van der Waals surface area contributed by atoms with Crippen molar-refractivity contribution >= 4 is 6.40 Å². The Hall–Kier alpha value is 0.200. The molecule has 1 rings (SSSR count). The molecule has 1 aliphatic rings. The first kappa shape index (κ1) is 8.20. The third-order valence-corrected chi connectivity index (χ3v) is 1.27. The van der Waals surface area contributed by atoms with E-state index < -0.39 is 0 Å². The fraction of sp³-hybridized carbons (Fsp3) is 0.800. The lowest BCUT2D eigenvalue weighted by atomic mass is 10.4. The molecule has 3 heteroatoms. The van der Waals surface area contributed by atoms with Gasteiger partial charge in [-0.15, -0.1) is 0 Å². The molecule has 1 atom stereocenters. The molecule has 8 heavy (non-hydrogen) atoms. The highest BCUT2D eigenvalue weighted by molar-refractivity contribution is 5.40. The zero-order chi connectivity index (χ0) is 5.28. The van der Waals surface area contributed by atoms with Crippen LogP contribution in [0.2, 0.25) is 0 Å². The minimum Gasteiger partial charge on any atom is -1.00 e. The van der Waals surface area contributed by atoms with E-state index in [4.69, 9.17) is 4.74 Å². The number of rotatable bonds is 0. The van der Waals surface area contributed by atoms with E-state index in [-0.39, 0.29) is 24.0 Å². The highest BCUT2D eigenvalue weighted by Gasteiger charge is 2.16. The summed E-state index contributed by atoms with van der Waals surface area (Å²) in [6.45, 7) is 2.97. The minimum atomic E-state index is 0. The van der Waals surface area contributed by atoms with Crippen molar-refractivity contribution in [3.8, 4) is 0 Å². The van der Waals surface area contributed by atoms with Gasteiger partial charge in [-0.25, -0.2) is 4.58 Å². The molecule has 48 valence electrons. The van der Waals surface area contributed by atoms with Gasteiger partial charge in [0.15, 0.2) is 12.6 Å². The molecule has 0 aromatic heterocycles. The molecule has 1 unspecified atom stereocenters. The lowest BCUT2D eigenvalue weighted by Crippen LogP contribution is -3.00. The van der Waals surface area contributed by atoms with Gasteiger partial charge in [-0.2, -0.15) is 0 Å². The molecule has 0 saturated carbocycles. The molecule has 0 bridgehead atoms. The summed E-state index contributed by atoms with van der Waals surface area (Å²) in [5.74, 6) is 0. The van der Waals surface area contributed by atoms with E-state index >= 15 is 0 Å². The first-order valence-electron chi connectivity index (χ1n) is 2.47. The molecule has 0 spiro atoms. The fourth-order valence-corrected chi connectivity index (χ4v) is 0.521. The summed E-state index contributed by atoms with van der Waals surface area (Å²) in [4.78, 5) is 0. The topological polar surface area (TPSA) is 12.2 Å². The molecule has 2 nitrogen and oxygen atoms in total. The van der Waals surface area contributed by atoms with Crippen LogP contribution >= 0.6 is 0 Å².